The standard InChI is InChI=1S/C29H36N12O6/c1-16(42)32-17-10-19(38(3)12-17)26(44)37-22-15-41(6)25(35-22)29(47)31-9-7-8-23(43)33-18-11-20(39(4)13-18)27(45)36-21-14-40(5)24(34-21)28(46)30-2/h10-15H,7-9H2,1-6H3,(H,30,46)(H,31,47)(H,32,42)(H,33,43)(H,36,45)(H,37,44). The van der Waals surface area contributed by atoms with Crippen LogP contribution in [0.4, 0.5) is 23.0 Å². The van der Waals surface area contributed by atoms with Crippen LogP contribution >= 0.6 is 0 Å². The largest absolute Gasteiger partial charge is 0.352 e. The van der Waals surface area contributed by atoms with E-state index >= 15 is 0 Å². The monoisotopic (exact) mass is 648 g/mol. The predicted molar refractivity (Wildman–Crippen MR) is 171 cm³/mol. The van der Waals surface area contributed by atoms with E-state index in [1.165, 1.54) is 47.6 Å². The quantitative estimate of drug-likeness (QED) is 0.120. The van der Waals surface area contributed by atoms with Crippen molar-refractivity contribution in [3.05, 3.63) is 60.0 Å². The summed E-state index contributed by atoms with van der Waals surface area (Å²) in [5.41, 5.74) is 1.41. The Morgan fingerprint density at radius 1 is 0.638 bits per heavy atom. The minimum Gasteiger partial charge on any atom is -0.352 e. The molecule has 18 heteroatoms. The molecule has 0 aliphatic carbocycles. The van der Waals surface area contributed by atoms with Crippen LogP contribution in [-0.4, -0.2) is 77.3 Å². The lowest BCUT2D eigenvalue weighted by Gasteiger charge is -2.05. The lowest BCUT2D eigenvalue weighted by molar-refractivity contribution is -0.116. The van der Waals surface area contributed by atoms with E-state index in [9.17, 15) is 28.8 Å². The molecule has 6 amide bonds. The van der Waals surface area contributed by atoms with Crippen LogP contribution in [0, 0.1) is 0 Å². The number of nitrogens with one attached hydrogen (secondary N) is 6. The maximum Gasteiger partial charge on any atom is 0.287 e. The third-order valence-electron chi connectivity index (χ3n) is 6.81. The van der Waals surface area contributed by atoms with Gasteiger partial charge in [0.2, 0.25) is 23.5 Å². The molecule has 4 aromatic rings. The van der Waals surface area contributed by atoms with Crippen LogP contribution in [-0.2, 0) is 37.8 Å². The number of carbonyl (C=O) groups is 6. The Kier molecular flexibility index (Phi) is 10.2. The summed E-state index contributed by atoms with van der Waals surface area (Å²) in [6.07, 6.45) is 6.59. The minimum absolute atomic E-state index is 0.0567. The second-order valence-corrected chi connectivity index (χ2v) is 10.6. The molecule has 6 N–H and O–H groups in total. The highest BCUT2D eigenvalue weighted by molar-refractivity contribution is 6.05. The molecule has 0 fully saturated rings. The zero-order chi connectivity index (χ0) is 34.4. The number of rotatable bonds is 12. The predicted octanol–water partition coefficient (Wildman–Crippen LogP) is 0.802. The highest BCUT2D eigenvalue weighted by Crippen LogP contribution is 2.17. The van der Waals surface area contributed by atoms with Crippen molar-refractivity contribution in [3.8, 4) is 0 Å². The fourth-order valence-corrected chi connectivity index (χ4v) is 4.62. The zero-order valence-corrected chi connectivity index (χ0v) is 26.7. The first-order chi connectivity index (χ1) is 22.2. The van der Waals surface area contributed by atoms with Crippen molar-refractivity contribution in [2.24, 2.45) is 28.2 Å². The van der Waals surface area contributed by atoms with E-state index in [1.54, 1.807) is 49.7 Å². The van der Waals surface area contributed by atoms with E-state index in [-0.39, 0.29) is 59.5 Å². The summed E-state index contributed by atoms with van der Waals surface area (Å²) >= 11 is 0. The Balaban J connectivity index is 1.23. The van der Waals surface area contributed by atoms with Gasteiger partial charge in [-0.15, -0.1) is 0 Å². The van der Waals surface area contributed by atoms with Gasteiger partial charge in [-0.25, -0.2) is 9.97 Å². The van der Waals surface area contributed by atoms with Gasteiger partial charge in [-0.1, -0.05) is 0 Å². The molecule has 4 aromatic heterocycles. The normalized spacial score (nSPS) is 10.7. The second-order valence-electron chi connectivity index (χ2n) is 10.6. The Morgan fingerprint density at radius 2 is 1.13 bits per heavy atom. The van der Waals surface area contributed by atoms with Crippen molar-refractivity contribution in [3.63, 3.8) is 0 Å². The van der Waals surface area contributed by atoms with Gasteiger partial charge in [0.15, 0.2) is 11.6 Å². The van der Waals surface area contributed by atoms with E-state index in [2.05, 4.69) is 41.9 Å². The first-order valence-electron chi connectivity index (χ1n) is 14.4. The van der Waals surface area contributed by atoms with Crippen molar-refractivity contribution in [2.75, 3.05) is 34.9 Å². The Morgan fingerprint density at radius 3 is 1.62 bits per heavy atom. The number of carbonyl (C=O) groups excluding carboxylic acids is 6. The van der Waals surface area contributed by atoms with Gasteiger partial charge in [0.1, 0.15) is 11.4 Å². The number of anilines is 4. The fraction of sp³-hybridized carbons (Fsp3) is 0.310. The van der Waals surface area contributed by atoms with E-state index in [1.807, 2.05) is 0 Å². The van der Waals surface area contributed by atoms with E-state index in [0.29, 0.717) is 17.8 Å². The number of hydrogen-bond acceptors (Lipinski definition) is 8. The third kappa shape index (κ3) is 8.29. The molecule has 4 heterocycles. The first-order valence-corrected chi connectivity index (χ1v) is 14.4. The molecular weight excluding hydrogens is 612 g/mol. The molecule has 47 heavy (non-hydrogen) atoms. The Hall–Kier alpha value is -6.20. The average Bonchev–Trinajstić information content (AvgIpc) is 3.75. The van der Waals surface area contributed by atoms with Gasteiger partial charge in [-0.05, 0) is 18.6 Å². The Labute approximate surface area is 268 Å². The van der Waals surface area contributed by atoms with Crippen molar-refractivity contribution >= 4 is 58.5 Å². The summed E-state index contributed by atoms with van der Waals surface area (Å²) in [4.78, 5) is 82.3. The molecule has 4 rings (SSSR count). The van der Waals surface area contributed by atoms with Crippen LogP contribution in [0.1, 0.15) is 62.0 Å². The van der Waals surface area contributed by atoms with Crippen LogP contribution in [0.25, 0.3) is 0 Å². The molecule has 248 valence electrons. The zero-order valence-electron chi connectivity index (χ0n) is 26.7. The number of hydrogen-bond donors (Lipinski definition) is 6. The highest BCUT2D eigenvalue weighted by atomic mass is 16.2. The molecule has 0 spiro atoms. The number of amides is 6. The number of imidazole rings is 2. The molecule has 0 saturated heterocycles. The third-order valence-corrected chi connectivity index (χ3v) is 6.81. The topological polar surface area (TPSA) is 220 Å². The second kappa shape index (κ2) is 14.3. The van der Waals surface area contributed by atoms with Crippen LogP contribution in [0.3, 0.4) is 0 Å². The van der Waals surface area contributed by atoms with E-state index in [4.69, 9.17) is 0 Å². The molecular formula is C29H36N12O6. The molecule has 18 nitrogen and oxygen atoms in total. The minimum atomic E-state index is -0.491. The Bertz CT molecular complexity index is 1860. The highest BCUT2D eigenvalue weighted by Gasteiger charge is 2.19. The van der Waals surface area contributed by atoms with Crippen molar-refractivity contribution in [1.29, 1.82) is 0 Å². The van der Waals surface area contributed by atoms with E-state index < -0.39 is 23.6 Å². The smallest absolute Gasteiger partial charge is 0.287 e. The molecule has 0 radical (unpaired) electrons. The van der Waals surface area contributed by atoms with Crippen LogP contribution < -0.4 is 31.9 Å². The van der Waals surface area contributed by atoms with Gasteiger partial charge in [0, 0.05) is 79.9 Å². The van der Waals surface area contributed by atoms with Gasteiger partial charge in [-0.2, -0.15) is 0 Å². The van der Waals surface area contributed by atoms with E-state index in [0.717, 1.165) is 0 Å². The van der Waals surface area contributed by atoms with Crippen LogP contribution in [0.2, 0.25) is 0 Å². The molecule has 0 bridgehead atoms. The molecule has 0 saturated carbocycles. The number of aromatic nitrogens is 6. The lowest BCUT2D eigenvalue weighted by Crippen LogP contribution is -2.27. The van der Waals surface area contributed by atoms with Crippen molar-refractivity contribution < 1.29 is 28.8 Å². The van der Waals surface area contributed by atoms with Gasteiger partial charge in [-0.3, -0.25) is 28.8 Å². The lowest BCUT2D eigenvalue weighted by atomic mass is 10.3. The maximum absolute atomic E-state index is 12.8. The first kappa shape index (κ1) is 33.7. The summed E-state index contributed by atoms with van der Waals surface area (Å²) in [6, 6.07) is 3.03. The summed E-state index contributed by atoms with van der Waals surface area (Å²) < 4.78 is 6.04. The molecule has 0 aliphatic heterocycles. The van der Waals surface area contributed by atoms with Crippen molar-refractivity contribution in [1.82, 2.24) is 38.9 Å². The van der Waals surface area contributed by atoms with Gasteiger partial charge < -0.3 is 50.2 Å². The number of aryl methyl sites for hydroxylation is 4. The summed E-state index contributed by atoms with van der Waals surface area (Å²) in [6.45, 7) is 1.55. The van der Waals surface area contributed by atoms with Gasteiger partial charge in [0.25, 0.3) is 23.6 Å². The summed E-state index contributed by atoms with van der Waals surface area (Å²) in [7, 11) is 8.02. The van der Waals surface area contributed by atoms with Crippen molar-refractivity contribution in [2.45, 2.75) is 19.8 Å². The molecule has 0 unspecified atom stereocenters. The summed E-state index contributed by atoms with van der Waals surface area (Å²) in [5, 5.41) is 15.8. The molecule has 0 atom stereocenters. The summed E-state index contributed by atoms with van der Waals surface area (Å²) in [5.74, 6) is -1.88. The molecule has 0 aromatic carbocycles. The van der Waals surface area contributed by atoms with Crippen LogP contribution in [0.15, 0.2) is 36.9 Å². The maximum atomic E-state index is 12.8. The van der Waals surface area contributed by atoms with Gasteiger partial charge in [0.05, 0.1) is 11.4 Å². The number of nitrogens with zero attached hydrogens (tertiary/aromatic N) is 6. The average molecular weight is 649 g/mol. The van der Waals surface area contributed by atoms with Gasteiger partial charge >= 0.3 is 0 Å². The molecule has 0 aliphatic rings. The SMILES string of the molecule is CNC(=O)c1nc(NC(=O)c2cc(NC(=O)CCCNC(=O)c3nc(NC(=O)c4cc(NC(C)=O)cn4C)cn3C)cn2C)cn1C. The fourth-order valence-electron chi connectivity index (χ4n) is 4.62. The van der Waals surface area contributed by atoms with Crippen LogP contribution in [0.5, 0.6) is 0 Å².